The molecule has 0 radical (unpaired) electrons. The number of ether oxygens (including phenoxy) is 1. The largest absolute Gasteiger partial charge is 0.494 e. The summed E-state index contributed by atoms with van der Waals surface area (Å²) < 4.78 is 7.56. The molecule has 0 saturated heterocycles. The Bertz CT molecular complexity index is 642. The standard InChI is InChI=1S/C13H13N3OS/c1-2-7-17-11-5-3-10(4-6-11)12-8-18-13-15-14-9-16(12)13/h3-6,8-9H,2,7H2,1H3. The van der Waals surface area contributed by atoms with Crippen molar-refractivity contribution in [2.45, 2.75) is 13.3 Å². The normalized spacial score (nSPS) is 10.9. The monoisotopic (exact) mass is 259 g/mol. The van der Waals surface area contributed by atoms with Crippen LogP contribution < -0.4 is 4.74 Å². The van der Waals surface area contributed by atoms with Crippen LogP contribution in [0, 0.1) is 0 Å². The Kier molecular flexibility index (Phi) is 2.98. The van der Waals surface area contributed by atoms with Gasteiger partial charge in [0.2, 0.25) is 4.96 Å². The van der Waals surface area contributed by atoms with Gasteiger partial charge in [0.1, 0.15) is 12.1 Å². The summed E-state index contributed by atoms with van der Waals surface area (Å²) >= 11 is 1.59. The van der Waals surface area contributed by atoms with E-state index in [0.717, 1.165) is 35.0 Å². The smallest absolute Gasteiger partial charge is 0.216 e. The van der Waals surface area contributed by atoms with Gasteiger partial charge in [-0.2, -0.15) is 0 Å². The van der Waals surface area contributed by atoms with Crippen LogP contribution >= 0.6 is 11.3 Å². The third-order valence-corrected chi connectivity index (χ3v) is 3.51. The first kappa shape index (κ1) is 11.2. The Morgan fingerprint density at radius 1 is 1.28 bits per heavy atom. The number of aromatic nitrogens is 3. The predicted molar refractivity (Wildman–Crippen MR) is 72.1 cm³/mol. The van der Waals surface area contributed by atoms with E-state index in [1.807, 2.05) is 16.5 Å². The molecule has 0 unspecified atom stereocenters. The van der Waals surface area contributed by atoms with Gasteiger partial charge in [-0.25, -0.2) is 0 Å². The lowest BCUT2D eigenvalue weighted by Crippen LogP contribution is -1.94. The highest BCUT2D eigenvalue weighted by Crippen LogP contribution is 2.26. The molecule has 18 heavy (non-hydrogen) atoms. The number of hydrogen-bond acceptors (Lipinski definition) is 4. The molecule has 0 amide bonds. The lowest BCUT2D eigenvalue weighted by atomic mass is 10.2. The maximum Gasteiger partial charge on any atom is 0.216 e. The molecule has 0 bridgehead atoms. The lowest BCUT2D eigenvalue weighted by Gasteiger charge is -2.05. The predicted octanol–water partition coefficient (Wildman–Crippen LogP) is 3.25. The lowest BCUT2D eigenvalue weighted by molar-refractivity contribution is 0.317. The van der Waals surface area contributed by atoms with Gasteiger partial charge in [-0.1, -0.05) is 6.92 Å². The van der Waals surface area contributed by atoms with Crippen LogP contribution in [-0.2, 0) is 0 Å². The number of hydrogen-bond donors (Lipinski definition) is 0. The van der Waals surface area contributed by atoms with Gasteiger partial charge in [-0.15, -0.1) is 21.5 Å². The summed E-state index contributed by atoms with van der Waals surface area (Å²) in [6.07, 6.45) is 2.76. The first-order valence-electron chi connectivity index (χ1n) is 5.89. The van der Waals surface area contributed by atoms with Crippen LogP contribution in [-0.4, -0.2) is 21.2 Å². The minimum absolute atomic E-state index is 0.757. The van der Waals surface area contributed by atoms with E-state index in [2.05, 4.69) is 34.6 Å². The van der Waals surface area contributed by atoms with E-state index in [-0.39, 0.29) is 0 Å². The molecule has 0 atom stereocenters. The fraction of sp³-hybridized carbons (Fsp3) is 0.231. The highest BCUT2D eigenvalue weighted by Gasteiger charge is 2.07. The molecule has 0 N–H and O–H groups in total. The summed E-state index contributed by atoms with van der Waals surface area (Å²) in [6, 6.07) is 8.12. The Balaban J connectivity index is 1.91. The van der Waals surface area contributed by atoms with Gasteiger partial charge >= 0.3 is 0 Å². The van der Waals surface area contributed by atoms with Crippen molar-refractivity contribution < 1.29 is 4.74 Å². The SMILES string of the molecule is CCCOc1ccc(-c2csc3nncn23)cc1. The van der Waals surface area contributed by atoms with Gasteiger partial charge < -0.3 is 4.74 Å². The minimum Gasteiger partial charge on any atom is -0.494 e. The highest BCUT2D eigenvalue weighted by molar-refractivity contribution is 7.15. The zero-order valence-corrected chi connectivity index (χ0v) is 10.9. The van der Waals surface area contributed by atoms with E-state index in [9.17, 15) is 0 Å². The molecular weight excluding hydrogens is 246 g/mol. The second-order valence-electron chi connectivity index (χ2n) is 3.98. The van der Waals surface area contributed by atoms with Crippen LogP contribution in [0.15, 0.2) is 36.0 Å². The van der Waals surface area contributed by atoms with Crippen LogP contribution in [0.1, 0.15) is 13.3 Å². The molecule has 0 spiro atoms. The molecular formula is C13H13N3OS. The van der Waals surface area contributed by atoms with Crippen LogP contribution in [0.3, 0.4) is 0 Å². The van der Waals surface area contributed by atoms with E-state index < -0.39 is 0 Å². The number of benzene rings is 1. The topological polar surface area (TPSA) is 39.4 Å². The van der Waals surface area contributed by atoms with Gasteiger partial charge in [0.25, 0.3) is 0 Å². The molecule has 3 aromatic rings. The van der Waals surface area contributed by atoms with Crippen LogP contribution in [0.25, 0.3) is 16.2 Å². The second-order valence-corrected chi connectivity index (χ2v) is 4.81. The molecule has 0 aliphatic heterocycles. The van der Waals surface area contributed by atoms with E-state index in [4.69, 9.17) is 4.74 Å². The van der Waals surface area contributed by atoms with Crippen LogP contribution in [0.5, 0.6) is 5.75 Å². The summed E-state index contributed by atoms with van der Waals surface area (Å²) in [5.41, 5.74) is 2.26. The van der Waals surface area contributed by atoms with Crippen molar-refractivity contribution in [3.05, 3.63) is 36.0 Å². The van der Waals surface area contributed by atoms with E-state index >= 15 is 0 Å². The van der Waals surface area contributed by atoms with Crippen molar-refractivity contribution in [2.24, 2.45) is 0 Å². The molecule has 0 fully saturated rings. The van der Waals surface area contributed by atoms with E-state index in [1.165, 1.54) is 0 Å². The zero-order valence-electron chi connectivity index (χ0n) is 10.0. The molecule has 1 aromatic carbocycles. The van der Waals surface area contributed by atoms with Crippen molar-refractivity contribution in [1.82, 2.24) is 14.6 Å². The average Bonchev–Trinajstić information content (AvgIpc) is 2.99. The zero-order chi connectivity index (χ0) is 12.4. The first-order chi connectivity index (χ1) is 8.88. The third kappa shape index (κ3) is 1.97. The van der Waals surface area contributed by atoms with Gasteiger partial charge in [0, 0.05) is 5.38 Å². The Morgan fingerprint density at radius 3 is 2.89 bits per heavy atom. The highest BCUT2D eigenvalue weighted by atomic mass is 32.1. The summed E-state index contributed by atoms with van der Waals surface area (Å²) in [6.45, 7) is 2.86. The summed E-state index contributed by atoms with van der Waals surface area (Å²) in [5, 5.41) is 10.0. The molecule has 0 aliphatic carbocycles. The van der Waals surface area contributed by atoms with Crippen LogP contribution in [0.4, 0.5) is 0 Å². The molecule has 3 rings (SSSR count). The summed E-state index contributed by atoms with van der Waals surface area (Å²) in [4.78, 5) is 0.913. The fourth-order valence-corrected chi connectivity index (χ4v) is 2.60. The number of fused-ring (bicyclic) bond motifs is 1. The van der Waals surface area contributed by atoms with Crippen LogP contribution in [0.2, 0.25) is 0 Å². The van der Waals surface area contributed by atoms with Crippen molar-refractivity contribution in [3.8, 4) is 17.0 Å². The fourth-order valence-electron chi connectivity index (χ4n) is 1.78. The van der Waals surface area contributed by atoms with E-state index in [0.29, 0.717) is 0 Å². The molecule has 0 aliphatic rings. The maximum absolute atomic E-state index is 5.57. The van der Waals surface area contributed by atoms with Crippen molar-refractivity contribution in [2.75, 3.05) is 6.61 Å². The first-order valence-corrected chi connectivity index (χ1v) is 6.77. The number of nitrogens with zero attached hydrogens (tertiary/aromatic N) is 3. The van der Waals surface area contributed by atoms with E-state index in [1.54, 1.807) is 17.7 Å². The minimum atomic E-state index is 0.757. The Hall–Kier alpha value is -1.88. The van der Waals surface area contributed by atoms with Crippen molar-refractivity contribution >= 4 is 16.3 Å². The maximum atomic E-state index is 5.57. The molecule has 92 valence electrons. The average molecular weight is 259 g/mol. The third-order valence-electron chi connectivity index (χ3n) is 2.67. The second kappa shape index (κ2) is 4.78. The van der Waals surface area contributed by atoms with Gasteiger partial charge in [0.05, 0.1) is 12.3 Å². The van der Waals surface area contributed by atoms with Gasteiger partial charge in [0.15, 0.2) is 0 Å². The Morgan fingerprint density at radius 2 is 2.11 bits per heavy atom. The number of thiazole rings is 1. The van der Waals surface area contributed by atoms with Gasteiger partial charge in [-0.3, -0.25) is 4.40 Å². The molecule has 0 saturated carbocycles. The molecule has 5 heteroatoms. The summed E-state index contributed by atoms with van der Waals surface area (Å²) in [5.74, 6) is 0.913. The molecule has 2 heterocycles. The molecule has 4 nitrogen and oxygen atoms in total. The van der Waals surface area contributed by atoms with Crippen molar-refractivity contribution in [1.29, 1.82) is 0 Å². The van der Waals surface area contributed by atoms with Gasteiger partial charge in [-0.05, 0) is 36.2 Å². The molecule has 2 aromatic heterocycles. The number of rotatable bonds is 4. The Labute approximate surface area is 109 Å². The quantitative estimate of drug-likeness (QED) is 0.722. The summed E-state index contributed by atoms with van der Waals surface area (Å²) in [7, 11) is 0. The van der Waals surface area contributed by atoms with Crippen molar-refractivity contribution in [3.63, 3.8) is 0 Å².